The van der Waals surface area contributed by atoms with Crippen molar-refractivity contribution >= 4 is 11.3 Å². The highest BCUT2D eigenvalue weighted by Gasteiger charge is 2.22. The van der Waals surface area contributed by atoms with Gasteiger partial charge in [-0.05, 0) is 43.9 Å². The summed E-state index contributed by atoms with van der Waals surface area (Å²) in [7, 11) is 0. The van der Waals surface area contributed by atoms with E-state index in [2.05, 4.69) is 17.2 Å². The first-order chi connectivity index (χ1) is 11.1. The van der Waals surface area contributed by atoms with Gasteiger partial charge in [0.05, 0.1) is 11.1 Å². The monoisotopic (exact) mass is 334 g/mol. The second-order valence-electron chi connectivity index (χ2n) is 6.38. The highest BCUT2D eigenvalue weighted by Crippen LogP contribution is 2.38. The van der Waals surface area contributed by atoms with Gasteiger partial charge in [-0.25, -0.2) is 9.37 Å². The van der Waals surface area contributed by atoms with E-state index in [9.17, 15) is 9.50 Å². The van der Waals surface area contributed by atoms with Gasteiger partial charge in [0.25, 0.3) is 0 Å². The van der Waals surface area contributed by atoms with Gasteiger partial charge in [-0.3, -0.25) is 0 Å². The average molecular weight is 334 g/mol. The number of hydrogen-bond donors (Lipinski definition) is 2. The number of hydrogen-bond acceptors (Lipinski definition) is 4. The maximum absolute atomic E-state index is 12.9. The molecular formula is C18H23FN2OS. The van der Waals surface area contributed by atoms with Gasteiger partial charge in [0, 0.05) is 29.6 Å². The average Bonchev–Trinajstić information content (AvgIpc) is 2.92. The standard InChI is InChI=1S/C18H23FN2OS/c1-12(9-17(22)13-5-7-15(19)8-6-13)20-10-16-11-21-18(23-16)14-3-2-4-14/h5-8,11-12,14,17,20,22H,2-4,9-10H2,1H3. The highest BCUT2D eigenvalue weighted by molar-refractivity contribution is 7.11. The summed E-state index contributed by atoms with van der Waals surface area (Å²) in [6, 6.07) is 6.22. The molecule has 0 saturated heterocycles. The predicted octanol–water partition coefficient (Wildman–Crippen LogP) is 4.15. The van der Waals surface area contributed by atoms with Crippen molar-refractivity contribution in [3.05, 3.63) is 51.7 Å². The van der Waals surface area contributed by atoms with Gasteiger partial charge in [0.2, 0.25) is 0 Å². The van der Waals surface area contributed by atoms with Crippen molar-refractivity contribution < 1.29 is 9.50 Å². The van der Waals surface area contributed by atoms with Crippen LogP contribution in [0.2, 0.25) is 0 Å². The number of nitrogens with zero attached hydrogens (tertiary/aromatic N) is 1. The molecule has 23 heavy (non-hydrogen) atoms. The second-order valence-corrected chi connectivity index (χ2v) is 7.52. The quantitative estimate of drug-likeness (QED) is 0.799. The van der Waals surface area contributed by atoms with E-state index in [1.165, 1.54) is 41.3 Å². The molecule has 2 N–H and O–H groups in total. The molecule has 0 aliphatic heterocycles. The molecule has 3 rings (SSSR count). The van der Waals surface area contributed by atoms with Crippen molar-refractivity contribution in [3.63, 3.8) is 0 Å². The molecule has 1 aliphatic rings. The normalized spacial score (nSPS) is 17.7. The minimum atomic E-state index is -0.579. The molecule has 0 radical (unpaired) electrons. The first kappa shape index (κ1) is 16.6. The molecule has 1 heterocycles. The van der Waals surface area contributed by atoms with E-state index in [-0.39, 0.29) is 11.9 Å². The van der Waals surface area contributed by atoms with Gasteiger partial charge in [-0.15, -0.1) is 11.3 Å². The Labute approximate surface area is 140 Å². The summed E-state index contributed by atoms with van der Waals surface area (Å²) in [6.07, 6.45) is 5.87. The smallest absolute Gasteiger partial charge is 0.123 e. The lowest BCUT2D eigenvalue weighted by Crippen LogP contribution is -2.27. The number of aliphatic hydroxyl groups excluding tert-OH is 1. The van der Waals surface area contributed by atoms with Gasteiger partial charge in [0.15, 0.2) is 0 Å². The van der Waals surface area contributed by atoms with E-state index in [4.69, 9.17) is 0 Å². The number of halogens is 1. The van der Waals surface area contributed by atoms with Crippen LogP contribution in [-0.2, 0) is 6.54 Å². The van der Waals surface area contributed by atoms with Gasteiger partial charge in [-0.2, -0.15) is 0 Å². The number of benzene rings is 1. The van der Waals surface area contributed by atoms with Crippen molar-refractivity contribution in [3.8, 4) is 0 Å². The Morgan fingerprint density at radius 3 is 2.74 bits per heavy atom. The van der Waals surface area contributed by atoms with Gasteiger partial charge < -0.3 is 10.4 Å². The first-order valence-corrected chi connectivity index (χ1v) is 9.05. The molecule has 1 fully saturated rings. The minimum Gasteiger partial charge on any atom is -0.388 e. The molecule has 1 aliphatic carbocycles. The fourth-order valence-corrected chi connectivity index (χ4v) is 3.80. The Morgan fingerprint density at radius 2 is 2.09 bits per heavy atom. The molecule has 2 unspecified atom stereocenters. The van der Waals surface area contributed by atoms with Crippen molar-refractivity contribution in [2.24, 2.45) is 0 Å². The van der Waals surface area contributed by atoms with Crippen molar-refractivity contribution in [2.45, 2.75) is 57.2 Å². The molecule has 0 amide bonds. The number of aliphatic hydroxyl groups is 1. The van der Waals surface area contributed by atoms with E-state index in [1.54, 1.807) is 23.5 Å². The molecule has 1 aromatic heterocycles. The summed E-state index contributed by atoms with van der Waals surface area (Å²) >= 11 is 1.80. The summed E-state index contributed by atoms with van der Waals surface area (Å²) in [5, 5.41) is 14.9. The Hall–Kier alpha value is -1.30. The molecule has 124 valence electrons. The zero-order valence-electron chi connectivity index (χ0n) is 13.3. The molecule has 1 saturated carbocycles. The Balaban J connectivity index is 1.46. The van der Waals surface area contributed by atoms with Crippen molar-refractivity contribution in [1.82, 2.24) is 10.3 Å². The predicted molar refractivity (Wildman–Crippen MR) is 91.0 cm³/mol. The molecule has 0 bridgehead atoms. The highest BCUT2D eigenvalue weighted by atomic mass is 32.1. The summed E-state index contributed by atoms with van der Waals surface area (Å²) in [6.45, 7) is 2.84. The lowest BCUT2D eigenvalue weighted by atomic mass is 9.86. The molecule has 1 aromatic carbocycles. The Morgan fingerprint density at radius 1 is 1.35 bits per heavy atom. The van der Waals surface area contributed by atoms with Crippen LogP contribution in [0.5, 0.6) is 0 Å². The second kappa shape index (κ2) is 7.51. The first-order valence-electron chi connectivity index (χ1n) is 8.23. The Kier molecular flexibility index (Phi) is 5.41. The van der Waals surface area contributed by atoms with E-state index >= 15 is 0 Å². The van der Waals surface area contributed by atoms with Crippen LogP contribution in [0.15, 0.2) is 30.5 Å². The van der Waals surface area contributed by atoms with Crippen LogP contribution in [0.3, 0.4) is 0 Å². The zero-order chi connectivity index (χ0) is 16.2. The summed E-state index contributed by atoms with van der Waals surface area (Å²) in [5.41, 5.74) is 0.755. The van der Waals surface area contributed by atoms with E-state index < -0.39 is 6.10 Å². The molecule has 5 heteroatoms. The zero-order valence-corrected chi connectivity index (χ0v) is 14.2. The van der Waals surface area contributed by atoms with Crippen molar-refractivity contribution in [2.75, 3.05) is 0 Å². The van der Waals surface area contributed by atoms with Crippen LogP contribution in [-0.4, -0.2) is 16.1 Å². The minimum absolute atomic E-state index is 0.171. The van der Waals surface area contributed by atoms with Crippen LogP contribution < -0.4 is 5.32 Å². The lowest BCUT2D eigenvalue weighted by Gasteiger charge is -2.22. The molecule has 2 atom stereocenters. The Bertz CT molecular complexity index is 624. The summed E-state index contributed by atoms with van der Waals surface area (Å²) in [4.78, 5) is 5.77. The van der Waals surface area contributed by atoms with Crippen LogP contribution in [0.1, 0.15) is 60.1 Å². The fourth-order valence-electron chi connectivity index (χ4n) is 2.76. The molecular weight excluding hydrogens is 311 g/mol. The van der Waals surface area contributed by atoms with Gasteiger partial charge in [-0.1, -0.05) is 18.6 Å². The fraction of sp³-hybridized carbons (Fsp3) is 0.500. The van der Waals surface area contributed by atoms with Gasteiger partial charge >= 0.3 is 0 Å². The molecule has 3 nitrogen and oxygen atoms in total. The maximum Gasteiger partial charge on any atom is 0.123 e. The van der Waals surface area contributed by atoms with E-state index in [0.717, 1.165) is 12.1 Å². The number of rotatable bonds is 7. The summed E-state index contributed by atoms with van der Waals surface area (Å²) in [5.74, 6) is 0.408. The van der Waals surface area contributed by atoms with Crippen LogP contribution >= 0.6 is 11.3 Å². The third kappa shape index (κ3) is 4.37. The third-order valence-corrected chi connectivity index (χ3v) is 5.64. The van der Waals surface area contributed by atoms with E-state index in [0.29, 0.717) is 12.3 Å². The largest absolute Gasteiger partial charge is 0.388 e. The number of aromatic nitrogens is 1. The SMILES string of the molecule is CC(CC(O)c1ccc(F)cc1)NCc1cnc(C2CCC2)s1. The van der Waals surface area contributed by atoms with Crippen LogP contribution in [0.25, 0.3) is 0 Å². The number of nitrogens with one attached hydrogen (secondary N) is 1. The van der Waals surface area contributed by atoms with E-state index in [1.807, 2.05) is 6.20 Å². The topological polar surface area (TPSA) is 45.1 Å². The molecule has 2 aromatic rings. The van der Waals surface area contributed by atoms with Gasteiger partial charge in [0.1, 0.15) is 5.82 Å². The third-order valence-electron chi connectivity index (χ3n) is 4.48. The summed E-state index contributed by atoms with van der Waals surface area (Å²) < 4.78 is 12.9. The van der Waals surface area contributed by atoms with Crippen LogP contribution in [0, 0.1) is 5.82 Å². The maximum atomic E-state index is 12.9. The van der Waals surface area contributed by atoms with Crippen LogP contribution in [0.4, 0.5) is 4.39 Å². The lowest BCUT2D eigenvalue weighted by molar-refractivity contribution is 0.154. The molecule has 0 spiro atoms. The van der Waals surface area contributed by atoms with Crippen molar-refractivity contribution in [1.29, 1.82) is 0 Å². The number of thiazole rings is 1.